The molecular weight excluding hydrogens is 333 g/mol. The van der Waals surface area contributed by atoms with Gasteiger partial charge in [-0.05, 0) is 30.2 Å². The summed E-state index contributed by atoms with van der Waals surface area (Å²) in [7, 11) is 1.63. The summed E-state index contributed by atoms with van der Waals surface area (Å²) in [6.45, 7) is 2.60. The molecule has 3 rings (SSSR count). The summed E-state index contributed by atoms with van der Waals surface area (Å²) in [5.41, 5.74) is 3.32. The fourth-order valence-electron chi connectivity index (χ4n) is 2.80. The van der Waals surface area contributed by atoms with Gasteiger partial charge in [-0.2, -0.15) is 5.10 Å². The van der Waals surface area contributed by atoms with Crippen LogP contribution < -0.4 is 5.32 Å². The number of benzene rings is 2. The van der Waals surface area contributed by atoms with Crippen LogP contribution in [0.3, 0.4) is 0 Å². The molecule has 1 aromatic heterocycles. The van der Waals surface area contributed by atoms with Crippen molar-refractivity contribution in [1.29, 1.82) is 0 Å². The van der Waals surface area contributed by atoms with Gasteiger partial charge < -0.3 is 10.1 Å². The van der Waals surface area contributed by atoms with Crippen LogP contribution in [0, 0.1) is 12.7 Å². The molecule has 1 amide bonds. The molecule has 0 fully saturated rings. The standard InChI is InChI=1S/C20H20FN3O2/c1-14-17(12-23-24(14)19-10-6-5-9-18(19)21)20(25)22-11-15-7-3-4-8-16(15)13-26-2/h3-10,12H,11,13H2,1-2H3,(H,22,25). The van der Waals surface area contributed by atoms with E-state index in [9.17, 15) is 9.18 Å². The number of hydrogen-bond acceptors (Lipinski definition) is 3. The van der Waals surface area contributed by atoms with Crippen molar-refractivity contribution >= 4 is 5.91 Å². The van der Waals surface area contributed by atoms with Crippen LogP contribution in [0.15, 0.2) is 54.7 Å². The summed E-state index contributed by atoms with van der Waals surface area (Å²) >= 11 is 0. The van der Waals surface area contributed by atoms with Gasteiger partial charge in [-0.15, -0.1) is 0 Å². The van der Waals surface area contributed by atoms with E-state index < -0.39 is 0 Å². The number of hydrogen-bond donors (Lipinski definition) is 1. The van der Waals surface area contributed by atoms with Crippen LogP contribution in [0.4, 0.5) is 4.39 Å². The van der Waals surface area contributed by atoms with Crippen molar-refractivity contribution in [3.63, 3.8) is 0 Å². The number of nitrogens with zero attached hydrogens (tertiary/aromatic N) is 2. The first-order valence-corrected chi connectivity index (χ1v) is 8.25. The number of aromatic nitrogens is 2. The van der Waals surface area contributed by atoms with Gasteiger partial charge in [0.2, 0.25) is 0 Å². The fourth-order valence-corrected chi connectivity index (χ4v) is 2.80. The minimum absolute atomic E-state index is 0.252. The molecule has 0 aliphatic heterocycles. The topological polar surface area (TPSA) is 56.1 Å². The Morgan fingerprint density at radius 3 is 2.58 bits per heavy atom. The van der Waals surface area contributed by atoms with Crippen LogP contribution in [0.5, 0.6) is 0 Å². The van der Waals surface area contributed by atoms with Crippen LogP contribution in [0.2, 0.25) is 0 Å². The summed E-state index contributed by atoms with van der Waals surface area (Å²) in [4.78, 5) is 12.5. The SMILES string of the molecule is COCc1ccccc1CNC(=O)c1cnn(-c2ccccc2F)c1C. The first-order chi connectivity index (χ1) is 12.6. The lowest BCUT2D eigenvalue weighted by Crippen LogP contribution is -2.24. The molecule has 5 nitrogen and oxygen atoms in total. The van der Waals surface area contributed by atoms with E-state index in [0.29, 0.717) is 30.1 Å². The molecule has 0 atom stereocenters. The number of halogens is 1. The van der Waals surface area contributed by atoms with E-state index >= 15 is 0 Å². The predicted octanol–water partition coefficient (Wildman–Crippen LogP) is 3.40. The molecule has 6 heteroatoms. The first kappa shape index (κ1) is 17.8. The average Bonchev–Trinajstić information content (AvgIpc) is 3.03. The van der Waals surface area contributed by atoms with Gasteiger partial charge in [0.05, 0.1) is 24.1 Å². The van der Waals surface area contributed by atoms with Crippen molar-refractivity contribution in [1.82, 2.24) is 15.1 Å². The maximum absolute atomic E-state index is 14.0. The second kappa shape index (κ2) is 7.93. The predicted molar refractivity (Wildman–Crippen MR) is 96.6 cm³/mol. The summed E-state index contributed by atoms with van der Waals surface area (Å²) in [6, 6.07) is 14.1. The lowest BCUT2D eigenvalue weighted by molar-refractivity contribution is 0.0949. The summed E-state index contributed by atoms with van der Waals surface area (Å²) < 4.78 is 20.6. The Morgan fingerprint density at radius 2 is 1.85 bits per heavy atom. The Kier molecular flexibility index (Phi) is 5.43. The van der Waals surface area contributed by atoms with Crippen LogP contribution in [-0.4, -0.2) is 22.8 Å². The van der Waals surface area contributed by atoms with E-state index in [2.05, 4.69) is 10.4 Å². The van der Waals surface area contributed by atoms with Gasteiger partial charge in [0.15, 0.2) is 0 Å². The smallest absolute Gasteiger partial charge is 0.255 e. The molecule has 0 saturated heterocycles. The highest BCUT2D eigenvalue weighted by atomic mass is 19.1. The summed E-state index contributed by atoms with van der Waals surface area (Å²) in [6.07, 6.45) is 1.46. The molecule has 134 valence electrons. The van der Waals surface area contributed by atoms with Gasteiger partial charge in [0, 0.05) is 13.7 Å². The summed E-state index contributed by atoms with van der Waals surface area (Å²) in [5.74, 6) is -0.642. The number of carbonyl (C=O) groups excluding carboxylic acids is 1. The molecular formula is C20H20FN3O2. The zero-order valence-electron chi connectivity index (χ0n) is 14.7. The van der Waals surface area contributed by atoms with E-state index in [1.807, 2.05) is 24.3 Å². The minimum atomic E-state index is -0.390. The van der Waals surface area contributed by atoms with Crippen LogP contribution in [0.1, 0.15) is 27.2 Å². The van der Waals surface area contributed by atoms with Crippen LogP contribution >= 0.6 is 0 Å². The highest BCUT2D eigenvalue weighted by Crippen LogP contribution is 2.17. The number of nitrogens with one attached hydrogen (secondary N) is 1. The minimum Gasteiger partial charge on any atom is -0.380 e. The van der Waals surface area contributed by atoms with Crippen LogP contribution in [-0.2, 0) is 17.9 Å². The molecule has 0 radical (unpaired) electrons. The second-order valence-electron chi connectivity index (χ2n) is 5.89. The number of methoxy groups -OCH3 is 1. The van der Waals surface area contributed by atoms with Gasteiger partial charge >= 0.3 is 0 Å². The Labute approximate surface area is 151 Å². The van der Waals surface area contributed by atoms with Gasteiger partial charge in [0.25, 0.3) is 5.91 Å². The Hall–Kier alpha value is -2.99. The van der Waals surface area contributed by atoms with Gasteiger partial charge in [-0.3, -0.25) is 4.79 Å². The highest BCUT2D eigenvalue weighted by Gasteiger charge is 2.16. The molecule has 0 aliphatic rings. The zero-order chi connectivity index (χ0) is 18.5. The molecule has 0 spiro atoms. The number of rotatable bonds is 6. The van der Waals surface area contributed by atoms with Crippen molar-refractivity contribution in [3.8, 4) is 5.69 Å². The maximum Gasteiger partial charge on any atom is 0.255 e. The van der Waals surface area contributed by atoms with E-state index in [-0.39, 0.29) is 11.7 Å². The molecule has 3 aromatic rings. The lowest BCUT2D eigenvalue weighted by atomic mass is 10.1. The van der Waals surface area contributed by atoms with Crippen molar-refractivity contribution < 1.29 is 13.9 Å². The number of para-hydroxylation sites is 1. The molecule has 0 aliphatic carbocycles. The van der Waals surface area contributed by atoms with E-state index in [4.69, 9.17) is 4.74 Å². The highest BCUT2D eigenvalue weighted by molar-refractivity contribution is 5.95. The molecule has 2 aromatic carbocycles. The quantitative estimate of drug-likeness (QED) is 0.739. The summed E-state index contributed by atoms with van der Waals surface area (Å²) in [5, 5.41) is 7.06. The van der Waals surface area contributed by atoms with Crippen LogP contribution in [0.25, 0.3) is 5.69 Å². The molecule has 26 heavy (non-hydrogen) atoms. The number of ether oxygens (including phenoxy) is 1. The number of amides is 1. The Morgan fingerprint density at radius 1 is 1.15 bits per heavy atom. The van der Waals surface area contributed by atoms with Gasteiger partial charge in [0.1, 0.15) is 11.5 Å². The van der Waals surface area contributed by atoms with Crippen molar-refractivity contribution in [2.45, 2.75) is 20.1 Å². The number of carbonyl (C=O) groups is 1. The van der Waals surface area contributed by atoms with E-state index in [0.717, 1.165) is 11.1 Å². The van der Waals surface area contributed by atoms with Crippen molar-refractivity contribution in [2.75, 3.05) is 7.11 Å². The Bertz CT molecular complexity index is 921. The largest absolute Gasteiger partial charge is 0.380 e. The Balaban J connectivity index is 1.77. The van der Waals surface area contributed by atoms with Crippen molar-refractivity contribution in [2.24, 2.45) is 0 Å². The molecule has 0 unspecified atom stereocenters. The third-order valence-electron chi connectivity index (χ3n) is 4.19. The normalized spacial score (nSPS) is 10.7. The molecule has 0 bridgehead atoms. The van der Waals surface area contributed by atoms with Crippen molar-refractivity contribution in [3.05, 3.63) is 82.9 Å². The first-order valence-electron chi connectivity index (χ1n) is 8.25. The van der Waals surface area contributed by atoms with Gasteiger partial charge in [-0.25, -0.2) is 9.07 Å². The maximum atomic E-state index is 14.0. The molecule has 1 heterocycles. The zero-order valence-corrected chi connectivity index (χ0v) is 14.7. The van der Waals surface area contributed by atoms with E-state index in [1.165, 1.54) is 16.9 Å². The lowest BCUT2D eigenvalue weighted by Gasteiger charge is -2.10. The fraction of sp³-hybridized carbons (Fsp3) is 0.200. The molecule has 0 saturated carbocycles. The third-order valence-corrected chi connectivity index (χ3v) is 4.19. The molecule has 1 N–H and O–H groups in total. The van der Waals surface area contributed by atoms with E-state index in [1.54, 1.807) is 32.2 Å². The second-order valence-corrected chi connectivity index (χ2v) is 5.89. The third kappa shape index (κ3) is 3.65. The van der Waals surface area contributed by atoms with Gasteiger partial charge in [-0.1, -0.05) is 36.4 Å². The average molecular weight is 353 g/mol. The monoisotopic (exact) mass is 353 g/mol.